The van der Waals surface area contributed by atoms with E-state index in [1.807, 2.05) is 0 Å². The number of thioether (sulfide) groups is 1. The fourth-order valence-corrected chi connectivity index (χ4v) is 3.54. The third-order valence-corrected chi connectivity index (χ3v) is 4.99. The Morgan fingerprint density at radius 1 is 1.36 bits per heavy atom. The number of fused-ring (bicyclic) bond motifs is 1. The molecule has 1 amide bonds. The maximum absolute atomic E-state index is 12.4. The van der Waals surface area contributed by atoms with E-state index < -0.39 is 0 Å². The molecule has 5 nitrogen and oxygen atoms in total. The molecule has 1 aliphatic heterocycles. The standard InChI is InChI=1S/C14H11Cl2N3O2S/c15-9-1-2-10(16)11(5-9)18-13(21)8-6-19-12(20)3-4-17-14(19)22-7-8/h1-5,8H,6-7H2,(H,18,21). The zero-order valence-corrected chi connectivity index (χ0v) is 13.6. The topological polar surface area (TPSA) is 64.0 Å². The van der Waals surface area contributed by atoms with E-state index in [0.29, 0.717) is 33.2 Å². The lowest BCUT2D eigenvalue weighted by Gasteiger charge is -2.24. The van der Waals surface area contributed by atoms with E-state index >= 15 is 0 Å². The Labute approximate surface area is 140 Å². The highest BCUT2D eigenvalue weighted by Crippen LogP contribution is 2.28. The second-order valence-corrected chi connectivity index (χ2v) is 6.63. The van der Waals surface area contributed by atoms with Crippen LogP contribution in [0, 0.1) is 5.92 Å². The van der Waals surface area contributed by atoms with Gasteiger partial charge in [-0.3, -0.25) is 14.2 Å². The molecule has 8 heteroatoms. The maximum atomic E-state index is 12.4. The molecule has 1 aromatic heterocycles. The van der Waals surface area contributed by atoms with E-state index in [1.54, 1.807) is 18.2 Å². The van der Waals surface area contributed by atoms with Gasteiger partial charge in [-0.15, -0.1) is 0 Å². The molecule has 0 fully saturated rings. The Bertz CT molecular complexity index is 794. The highest BCUT2D eigenvalue weighted by Gasteiger charge is 2.26. The molecule has 1 aromatic carbocycles. The van der Waals surface area contributed by atoms with Crippen LogP contribution in [0.25, 0.3) is 0 Å². The van der Waals surface area contributed by atoms with Crippen molar-refractivity contribution in [1.82, 2.24) is 9.55 Å². The van der Waals surface area contributed by atoms with Crippen molar-refractivity contribution in [2.75, 3.05) is 11.1 Å². The lowest BCUT2D eigenvalue weighted by molar-refractivity contribution is -0.119. The number of benzene rings is 1. The summed E-state index contributed by atoms with van der Waals surface area (Å²) in [5, 5.41) is 4.31. The molecule has 0 bridgehead atoms. The zero-order valence-electron chi connectivity index (χ0n) is 11.3. The summed E-state index contributed by atoms with van der Waals surface area (Å²) in [5.74, 6) is 0.0213. The number of rotatable bonds is 2. The molecule has 2 heterocycles. The number of hydrogen-bond donors (Lipinski definition) is 1. The van der Waals surface area contributed by atoms with Crippen molar-refractivity contribution in [3.8, 4) is 0 Å². The van der Waals surface area contributed by atoms with Crippen LogP contribution in [0.3, 0.4) is 0 Å². The SMILES string of the molecule is O=C(Nc1cc(Cl)ccc1Cl)C1CSc2nccc(=O)n2C1. The normalized spacial score (nSPS) is 16.9. The molecule has 1 aliphatic rings. The molecule has 0 aliphatic carbocycles. The number of carbonyl (C=O) groups is 1. The second-order valence-electron chi connectivity index (χ2n) is 4.80. The quantitative estimate of drug-likeness (QED) is 0.841. The molecular formula is C14H11Cl2N3O2S. The van der Waals surface area contributed by atoms with Crippen LogP contribution < -0.4 is 10.9 Å². The monoisotopic (exact) mass is 355 g/mol. The Kier molecular flexibility index (Phi) is 4.42. The van der Waals surface area contributed by atoms with E-state index in [4.69, 9.17) is 23.2 Å². The molecule has 2 aromatic rings. The van der Waals surface area contributed by atoms with Crippen LogP contribution in [0.5, 0.6) is 0 Å². The summed E-state index contributed by atoms with van der Waals surface area (Å²) in [5.41, 5.74) is 0.310. The van der Waals surface area contributed by atoms with Crippen molar-refractivity contribution in [3.63, 3.8) is 0 Å². The highest BCUT2D eigenvalue weighted by atomic mass is 35.5. The third-order valence-electron chi connectivity index (χ3n) is 3.27. The molecule has 22 heavy (non-hydrogen) atoms. The van der Waals surface area contributed by atoms with Crippen molar-refractivity contribution >= 4 is 46.6 Å². The molecule has 0 radical (unpaired) electrons. The molecule has 0 saturated heterocycles. The smallest absolute Gasteiger partial charge is 0.254 e. The highest BCUT2D eigenvalue weighted by molar-refractivity contribution is 7.99. The molecule has 3 rings (SSSR count). The minimum absolute atomic E-state index is 0.157. The number of carbonyl (C=O) groups excluding carboxylic acids is 1. The zero-order chi connectivity index (χ0) is 15.7. The summed E-state index contributed by atoms with van der Waals surface area (Å²) < 4.78 is 1.51. The van der Waals surface area contributed by atoms with Crippen LogP contribution in [0.2, 0.25) is 10.0 Å². The number of nitrogens with one attached hydrogen (secondary N) is 1. The van der Waals surface area contributed by atoms with Gasteiger partial charge < -0.3 is 5.32 Å². The van der Waals surface area contributed by atoms with Gasteiger partial charge in [-0.05, 0) is 18.2 Å². The van der Waals surface area contributed by atoms with Crippen LogP contribution in [0.4, 0.5) is 5.69 Å². The van der Waals surface area contributed by atoms with Gasteiger partial charge in [0.05, 0.1) is 16.6 Å². The number of aromatic nitrogens is 2. The number of amides is 1. The van der Waals surface area contributed by atoms with Crippen LogP contribution >= 0.6 is 35.0 Å². The minimum Gasteiger partial charge on any atom is -0.324 e. The second kappa shape index (κ2) is 6.32. The van der Waals surface area contributed by atoms with E-state index in [0.717, 1.165) is 0 Å². The van der Waals surface area contributed by atoms with Crippen molar-refractivity contribution in [2.45, 2.75) is 11.7 Å². The molecule has 0 spiro atoms. The van der Waals surface area contributed by atoms with Crippen molar-refractivity contribution in [2.24, 2.45) is 5.92 Å². The van der Waals surface area contributed by atoms with Crippen LogP contribution in [-0.4, -0.2) is 21.2 Å². The summed E-state index contributed by atoms with van der Waals surface area (Å²) >= 11 is 13.3. The van der Waals surface area contributed by atoms with Gasteiger partial charge in [0.1, 0.15) is 0 Å². The van der Waals surface area contributed by atoms with Gasteiger partial charge in [-0.25, -0.2) is 4.98 Å². The first-order chi connectivity index (χ1) is 10.5. The fraction of sp³-hybridized carbons (Fsp3) is 0.214. The van der Waals surface area contributed by atoms with E-state index in [9.17, 15) is 9.59 Å². The molecule has 114 valence electrons. The predicted octanol–water partition coefficient (Wildman–Crippen LogP) is 2.91. The molecule has 0 saturated carbocycles. The fourth-order valence-electron chi connectivity index (χ4n) is 2.14. The van der Waals surface area contributed by atoms with Crippen molar-refractivity contribution < 1.29 is 4.79 Å². The van der Waals surface area contributed by atoms with Crippen LogP contribution in [0.1, 0.15) is 0 Å². The average Bonchev–Trinajstić information content (AvgIpc) is 2.51. The Morgan fingerprint density at radius 2 is 2.18 bits per heavy atom. The van der Waals surface area contributed by atoms with E-state index in [2.05, 4.69) is 10.3 Å². The summed E-state index contributed by atoms with van der Waals surface area (Å²) in [6.07, 6.45) is 1.48. The van der Waals surface area contributed by atoms with Gasteiger partial charge in [-0.1, -0.05) is 35.0 Å². The largest absolute Gasteiger partial charge is 0.324 e. The molecule has 1 atom stereocenters. The Hall–Kier alpha value is -1.50. The Balaban J connectivity index is 1.78. The number of anilines is 1. The van der Waals surface area contributed by atoms with Gasteiger partial charge in [0.2, 0.25) is 5.91 Å². The average molecular weight is 356 g/mol. The number of halogens is 2. The van der Waals surface area contributed by atoms with Crippen molar-refractivity contribution in [3.05, 3.63) is 50.9 Å². The van der Waals surface area contributed by atoms with Crippen LogP contribution in [0.15, 0.2) is 40.4 Å². The van der Waals surface area contributed by atoms with Crippen LogP contribution in [-0.2, 0) is 11.3 Å². The molecule has 1 N–H and O–H groups in total. The Morgan fingerprint density at radius 3 is 3.00 bits per heavy atom. The molecular weight excluding hydrogens is 345 g/mol. The number of nitrogens with zero attached hydrogens (tertiary/aromatic N) is 2. The third kappa shape index (κ3) is 3.14. The molecule has 1 unspecified atom stereocenters. The predicted molar refractivity (Wildman–Crippen MR) is 87.8 cm³/mol. The van der Waals surface area contributed by atoms with Gasteiger partial charge in [0.15, 0.2) is 5.16 Å². The summed E-state index contributed by atoms with van der Waals surface area (Å²) in [7, 11) is 0. The van der Waals surface area contributed by atoms with Gasteiger partial charge >= 0.3 is 0 Å². The summed E-state index contributed by atoms with van der Waals surface area (Å²) in [4.78, 5) is 28.4. The number of hydrogen-bond acceptors (Lipinski definition) is 4. The van der Waals surface area contributed by atoms with Gasteiger partial charge in [0.25, 0.3) is 5.56 Å². The first-order valence-electron chi connectivity index (χ1n) is 6.49. The van der Waals surface area contributed by atoms with E-state index in [1.165, 1.54) is 28.6 Å². The lowest BCUT2D eigenvalue weighted by atomic mass is 10.1. The summed E-state index contributed by atoms with van der Waals surface area (Å²) in [6, 6.07) is 6.26. The lowest BCUT2D eigenvalue weighted by Crippen LogP contribution is -2.36. The van der Waals surface area contributed by atoms with Gasteiger partial charge in [0, 0.05) is 29.6 Å². The van der Waals surface area contributed by atoms with Crippen molar-refractivity contribution in [1.29, 1.82) is 0 Å². The van der Waals surface area contributed by atoms with Gasteiger partial charge in [-0.2, -0.15) is 0 Å². The first-order valence-corrected chi connectivity index (χ1v) is 8.23. The summed E-state index contributed by atoms with van der Waals surface area (Å²) in [6.45, 7) is 0.305. The first kappa shape index (κ1) is 15.4. The maximum Gasteiger partial charge on any atom is 0.254 e. The van der Waals surface area contributed by atoms with E-state index in [-0.39, 0.29) is 17.4 Å². The minimum atomic E-state index is -0.338.